The SMILES string of the molecule is COc1cc(/C=N\NC(=O)c2ccc(-c3csc(Nc4ccc(Cl)cc4)n3)cc2)c(Br)cc1O. The Kier molecular flexibility index (Phi) is 7.46. The number of hydrazone groups is 1. The first-order valence-electron chi connectivity index (χ1n) is 9.91. The fraction of sp³-hybridized carbons (Fsp3) is 0.0417. The van der Waals surface area contributed by atoms with E-state index in [9.17, 15) is 9.90 Å². The van der Waals surface area contributed by atoms with Crippen molar-refractivity contribution in [3.63, 3.8) is 0 Å². The fourth-order valence-electron chi connectivity index (χ4n) is 2.96. The maximum atomic E-state index is 12.4. The van der Waals surface area contributed by atoms with Crippen LogP contribution in [0.3, 0.4) is 0 Å². The molecule has 0 saturated heterocycles. The molecule has 1 aromatic heterocycles. The molecule has 172 valence electrons. The number of ether oxygens (including phenoxy) is 1. The van der Waals surface area contributed by atoms with Gasteiger partial charge in [-0.05, 0) is 64.5 Å². The number of phenols is 1. The van der Waals surface area contributed by atoms with Crippen LogP contribution in [0.2, 0.25) is 5.02 Å². The Hall–Kier alpha value is -3.40. The number of phenolic OH excluding ortho intramolecular Hbond substituents is 1. The molecular formula is C24H18BrClN4O3S. The molecule has 0 fully saturated rings. The Bertz CT molecular complexity index is 1340. The molecule has 0 bridgehead atoms. The van der Waals surface area contributed by atoms with Gasteiger partial charge in [0.25, 0.3) is 5.91 Å². The summed E-state index contributed by atoms with van der Waals surface area (Å²) in [5, 5.41) is 20.4. The predicted octanol–water partition coefficient (Wildman–Crippen LogP) is 6.45. The predicted molar refractivity (Wildman–Crippen MR) is 140 cm³/mol. The zero-order chi connectivity index (χ0) is 24.1. The number of thiazole rings is 1. The monoisotopic (exact) mass is 556 g/mol. The number of aromatic nitrogens is 1. The number of hydrogen-bond donors (Lipinski definition) is 3. The molecule has 4 aromatic rings. The first-order valence-corrected chi connectivity index (χ1v) is 12.0. The zero-order valence-electron chi connectivity index (χ0n) is 17.8. The average molecular weight is 558 g/mol. The van der Waals surface area contributed by atoms with Crippen LogP contribution in [0.4, 0.5) is 10.8 Å². The van der Waals surface area contributed by atoms with Crippen LogP contribution in [0.15, 0.2) is 75.6 Å². The van der Waals surface area contributed by atoms with Crippen molar-refractivity contribution in [3.8, 4) is 22.8 Å². The van der Waals surface area contributed by atoms with Gasteiger partial charge < -0.3 is 15.2 Å². The van der Waals surface area contributed by atoms with Gasteiger partial charge in [0.2, 0.25) is 0 Å². The van der Waals surface area contributed by atoms with Crippen molar-refractivity contribution < 1.29 is 14.6 Å². The second-order valence-corrected chi connectivity index (χ2v) is 9.14. The van der Waals surface area contributed by atoms with E-state index in [-0.39, 0.29) is 11.7 Å². The minimum atomic E-state index is -0.354. The van der Waals surface area contributed by atoms with Crippen LogP contribution in [0.5, 0.6) is 11.5 Å². The highest BCUT2D eigenvalue weighted by Crippen LogP contribution is 2.31. The van der Waals surface area contributed by atoms with Crippen LogP contribution in [-0.4, -0.2) is 29.3 Å². The Morgan fingerprint density at radius 2 is 1.91 bits per heavy atom. The Morgan fingerprint density at radius 1 is 1.18 bits per heavy atom. The molecule has 0 unspecified atom stereocenters. The van der Waals surface area contributed by atoms with Crippen LogP contribution in [0.25, 0.3) is 11.3 Å². The number of amides is 1. The van der Waals surface area contributed by atoms with Gasteiger partial charge >= 0.3 is 0 Å². The quantitative estimate of drug-likeness (QED) is 0.179. The first-order chi connectivity index (χ1) is 16.4. The summed E-state index contributed by atoms with van der Waals surface area (Å²) >= 11 is 10.7. The largest absolute Gasteiger partial charge is 0.504 e. The van der Waals surface area contributed by atoms with Crippen LogP contribution in [-0.2, 0) is 0 Å². The van der Waals surface area contributed by atoms with Gasteiger partial charge in [0.1, 0.15) is 0 Å². The lowest BCUT2D eigenvalue weighted by molar-refractivity contribution is 0.0955. The number of nitrogens with zero attached hydrogens (tertiary/aromatic N) is 2. The molecule has 0 saturated carbocycles. The maximum Gasteiger partial charge on any atom is 0.271 e. The molecule has 0 aliphatic carbocycles. The Labute approximate surface area is 213 Å². The highest BCUT2D eigenvalue weighted by atomic mass is 79.9. The molecule has 0 aliphatic heterocycles. The van der Waals surface area contributed by atoms with E-state index in [1.807, 2.05) is 41.8 Å². The van der Waals surface area contributed by atoms with E-state index in [4.69, 9.17) is 16.3 Å². The van der Waals surface area contributed by atoms with Crippen molar-refractivity contribution in [2.24, 2.45) is 5.10 Å². The van der Waals surface area contributed by atoms with Gasteiger partial charge in [-0.1, -0.05) is 23.7 Å². The van der Waals surface area contributed by atoms with E-state index < -0.39 is 0 Å². The van der Waals surface area contributed by atoms with Crippen molar-refractivity contribution in [1.29, 1.82) is 0 Å². The molecule has 0 aliphatic rings. The van der Waals surface area contributed by atoms with E-state index >= 15 is 0 Å². The summed E-state index contributed by atoms with van der Waals surface area (Å²) in [7, 11) is 1.46. The second-order valence-electron chi connectivity index (χ2n) is 6.99. The molecule has 3 N–H and O–H groups in total. The lowest BCUT2D eigenvalue weighted by Gasteiger charge is -2.06. The fourth-order valence-corrected chi connectivity index (χ4v) is 4.26. The summed E-state index contributed by atoms with van der Waals surface area (Å²) in [5.74, 6) is -0.0446. The lowest BCUT2D eigenvalue weighted by atomic mass is 10.1. The van der Waals surface area contributed by atoms with Crippen molar-refractivity contribution in [2.45, 2.75) is 0 Å². The first kappa shape index (κ1) is 23.7. The van der Waals surface area contributed by atoms with Crippen molar-refractivity contribution >= 4 is 61.8 Å². The number of halogens is 2. The number of anilines is 2. The molecule has 4 rings (SSSR count). The van der Waals surface area contributed by atoms with E-state index in [1.54, 1.807) is 18.2 Å². The van der Waals surface area contributed by atoms with Gasteiger partial charge in [-0.3, -0.25) is 4.79 Å². The van der Waals surface area contributed by atoms with Gasteiger partial charge in [-0.15, -0.1) is 11.3 Å². The van der Waals surface area contributed by atoms with Gasteiger partial charge in [-0.2, -0.15) is 5.10 Å². The summed E-state index contributed by atoms with van der Waals surface area (Å²) in [4.78, 5) is 17.0. The molecule has 0 spiro atoms. The molecule has 0 radical (unpaired) electrons. The third-order valence-electron chi connectivity index (χ3n) is 4.71. The number of hydrogen-bond acceptors (Lipinski definition) is 7. The minimum Gasteiger partial charge on any atom is -0.504 e. The highest BCUT2D eigenvalue weighted by molar-refractivity contribution is 9.10. The summed E-state index contributed by atoms with van der Waals surface area (Å²) in [6.07, 6.45) is 1.46. The van der Waals surface area contributed by atoms with Crippen LogP contribution < -0.4 is 15.5 Å². The highest BCUT2D eigenvalue weighted by Gasteiger charge is 2.09. The molecule has 34 heavy (non-hydrogen) atoms. The van der Waals surface area contributed by atoms with Crippen molar-refractivity contribution in [1.82, 2.24) is 10.4 Å². The van der Waals surface area contributed by atoms with Crippen LogP contribution in [0.1, 0.15) is 15.9 Å². The van der Waals surface area contributed by atoms with E-state index in [0.717, 1.165) is 22.1 Å². The smallest absolute Gasteiger partial charge is 0.271 e. The molecule has 7 nitrogen and oxygen atoms in total. The average Bonchev–Trinajstić information content (AvgIpc) is 3.30. The third kappa shape index (κ3) is 5.74. The van der Waals surface area contributed by atoms with Crippen LogP contribution in [0, 0.1) is 0 Å². The number of nitrogens with one attached hydrogen (secondary N) is 2. The van der Waals surface area contributed by atoms with E-state index in [0.29, 0.717) is 26.4 Å². The summed E-state index contributed by atoms with van der Waals surface area (Å²) in [6, 6.07) is 17.6. The van der Waals surface area contributed by atoms with Gasteiger partial charge in [-0.25, -0.2) is 10.4 Å². The topological polar surface area (TPSA) is 95.8 Å². The molecular weight excluding hydrogens is 540 g/mol. The molecule has 1 amide bonds. The van der Waals surface area contributed by atoms with Gasteiger partial charge in [0.05, 0.1) is 19.0 Å². The third-order valence-corrected chi connectivity index (χ3v) is 6.41. The number of carbonyl (C=O) groups is 1. The molecule has 1 heterocycles. The Morgan fingerprint density at radius 3 is 2.62 bits per heavy atom. The normalized spacial score (nSPS) is 10.9. The molecule has 10 heteroatoms. The number of methoxy groups -OCH3 is 1. The minimum absolute atomic E-state index is 0.00337. The number of carbonyl (C=O) groups excluding carboxylic acids is 1. The molecule has 0 atom stereocenters. The zero-order valence-corrected chi connectivity index (χ0v) is 20.9. The standard InChI is InChI=1S/C24H18BrClN4O3S/c1-33-22-10-16(19(25)11-21(22)31)12-27-30-23(32)15-4-2-14(3-5-15)20-13-34-24(29-20)28-18-8-6-17(26)7-9-18/h2-13,31H,1H3,(H,28,29)(H,30,32)/b27-12-. The molecule has 3 aromatic carbocycles. The van der Waals surface area contributed by atoms with Gasteiger partial charge in [0, 0.05) is 37.3 Å². The maximum absolute atomic E-state index is 12.4. The summed E-state index contributed by atoms with van der Waals surface area (Å²) < 4.78 is 5.70. The number of rotatable bonds is 7. The van der Waals surface area contributed by atoms with Crippen molar-refractivity contribution in [2.75, 3.05) is 12.4 Å². The van der Waals surface area contributed by atoms with Crippen molar-refractivity contribution in [3.05, 3.63) is 86.7 Å². The number of aromatic hydroxyl groups is 1. The second kappa shape index (κ2) is 10.7. The van der Waals surface area contributed by atoms with E-state index in [2.05, 4.69) is 36.8 Å². The summed E-state index contributed by atoms with van der Waals surface area (Å²) in [6.45, 7) is 0. The number of benzene rings is 3. The summed E-state index contributed by atoms with van der Waals surface area (Å²) in [5.41, 5.74) is 6.18. The van der Waals surface area contributed by atoms with Gasteiger partial charge in [0.15, 0.2) is 16.6 Å². The van der Waals surface area contributed by atoms with Crippen LogP contribution >= 0.6 is 38.9 Å². The van der Waals surface area contributed by atoms with E-state index in [1.165, 1.54) is 30.7 Å². The Balaban J connectivity index is 1.39. The lowest BCUT2D eigenvalue weighted by Crippen LogP contribution is -2.17.